The van der Waals surface area contributed by atoms with Crippen LogP contribution < -0.4 is 32.0 Å². The average molecular weight is 813 g/mol. The molecule has 0 saturated carbocycles. The lowest BCUT2D eigenvalue weighted by Gasteiger charge is -2.19. The summed E-state index contributed by atoms with van der Waals surface area (Å²) in [6.45, 7) is 0. The number of nitrogens with one attached hydrogen (secondary N) is 4. The molecule has 3 aliphatic heterocycles. The van der Waals surface area contributed by atoms with Crippen LogP contribution in [0.2, 0.25) is 0 Å². The first-order valence-corrected chi connectivity index (χ1v) is 19.5. The molecule has 8 bridgehead atoms. The minimum Gasteiger partial charge on any atom is -0.506 e. The monoisotopic (exact) mass is 812 g/mol. The van der Waals surface area contributed by atoms with Crippen LogP contribution in [-0.2, 0) is 10.1 Å². The third-order valence-electron chi connectivity index (χ3n) is 9.53. The normalized spacial score (nSPS) is 19.3. The van der Waals surface area contributed by atoms with Crippen molar-refractivity contribution in [2.24, 2.45) is 20.0 Å². The van der Waals surface area contributed by atoms with Crippen molar-refractivity contribution in [2.75, 3.05) is 10.6 Å². The third kappa shape index (κ3) is 5.27. The molecule has 7 aliphatic rings. The zero-order valence-corrected chi connectivity index (χ0v) is 31.7. The molecule has 0 atom stereocenters. The van der Waals surface area contributed by atoms with Crippen molar-refractivity contribution >= 4 is 130 Å². The van der Waals surface area contributed by atoms with Gasteiger partial charge in [-0.3, -0.25) is 4.55 Å². The number of hydrogen-bond acceptors (Lipinski definition) is 13. The van der Waals surface area contributed by atoms with E-state index >= 15 is 0 Å². The fourth-order valence-electron chi connectivity index (χ4n) is 7.17. The summed E-state index contributed by atoms with van der Waals surface area (Å²) in [4.78, 5) is 27.0. The summed E-state index contributed by atoms with van der Waals surface area (Å²) in [6, 6.07) is 8.57. The van der Waals surface area contributed by atoms with Gasteiger partial charge in [0.2, 0.25) is 0 Å². The van der Waals surface area contributed by atoms with Gasteiger partial charge in [0.15, 0.2) is 11.6 Å². The van der Waals surface area contributed by atoms with E-state index < -0.39 is 15.0 Å². The largest absolute Gasteiger partial charge is 0.506 e. The fourth-order valence-corrected chi connectivity index (χ4v) is 9.15. The van der Waals surface area contributed by atoms with E-state index in [0.29, 0.717) is 65.4 Å². The molecule has 0 amide bonds. The molecule has 17 heteroatoms. The number of H-pyrrole nitrogens is 2. The first-order valence-electron chi connectivity index (χ1n) is 16.4. The number of fused-ring (bicyclic) bond motifs is 16. The van der Waals surface area contributed by atoms with Crippen molar-refractivity contribution in [3.63, 3.8) is 0 Å². The Morgan fingerprint density at radius 3 is 1.85 bits per heavy atom. The second-order valence-corrected chi connectivity index (χ2v) is 16.0. The van der Waals surface area contributed by atoms with Gasteiger partial charge in [0, 0.05) is 53.2 Å². The van der Waals surface area contributed by atoms with Gasteiger partial charge in [-0.25, -0.2) is 20.0 Å². The lowest BCUT2D eigenvalue weighted by Crippen LogP contribution is -2.36. The Labute approximate surface area is 331 Å². The second-order valence-electron chi connectivity index (χ2n) is 12.8. The standard InChI is InChI=1S/C38H20N8O4S5/c47-28-25(15-4-2-1-3-5-15)29(54)30(55(48,49)50)27-26(28)37-45-36-24-14-18(53)7-10-20(24)32(42-36)41-34-22-12-16(51)6-9-19(22)31(39-34)40-35-23-13-17(52)8-11-21(23)33(43-35)44-38(27)46-37/h1-14,47H,(H,39,41)(H,40,43)(H,42,45)(H,44,46)(H,48,49,50). The highest BCUT2D eigenvalue weighted by molar-refractivity contribution is 7.99. The Kier molecular flexibility index (Phi) is 7.35. The van der Waals surface area contributed by atoms with Gasteiger partial charge in [-0.05, 0) is 60.2 Å². The van der Waals surface area contributed by atoms with Crippen LogP contribution in [0.1, 0.15) is 16.7 Å². The van der Waals surface area contributed by atoms with E-state index in [1.807, 2.05) is 24.3 Å². The molecule has 55 heavy (non-hydrogen) atoms. The highest BCUT2D eigenvalue weighted by Crippen LogP contribution is 2.37. The van der Waals surface area contributed by atoms with Crippen LogP contribution in [0, 0.1) is 0 Å². The van der Waals surface area contributed by atoms with Crippen molar-refractivity contribution in [3.8, 4) is 0 Å². The number of aliphatic hydroxyl groups excluding tert-OH is 1. The van der Waals surface area contributed by atoms with Crippen LogP contribution in [0.3, 0.4) is 0 Å². The number of benzene rings is 1. The summed E-state index contributed by atoms with van der Waals surface area (Å²) in [5.41, 5.74) is 4.07. The molecular weight excluding hydrogens is 793 g/mol. The molecular formula is C38H20N8O4S5. The topological polar surface area (TPSA) is 180 Å². The van der Waals surface area contributed by atoms with Crippen LogP contribution >= 0.6 is 48.9 Å². The number of aromatic amines is 2. The molecule has 1 aromatic carbocycles. The Bertz CT molecular complexity index is 3240. The molecule has 5 heterocycles. The fraction of sp³-hybridized carbons (Fsp3) is 0. The van der Waals surface area contributed by atoms with Crippen molar-refractivity contribution < 1.29 is 18.1 Å². The molecule has 4 aliphatic carbocycles. The number of amidine groups is 2. The van der Waals surface area contributed by atoms with E-state index in [4.69, 9.17) is 68.8 Å². The zero-order valence-electron chi connectivity index (χ0n) is 27.6. The Balaban J connectivity index is 1.33. The van der Waals surface area contributed by atoms with Gasteiger partial charge < -0.3 is 25.7 Å². The number of aliphatic imine (C=N–C) groups is 2. The van der Waals surface area contributed by atoms with Gasteiger partial charge in [0.05, 0.1) is 15.6 Å². The molecule has 10 rings (SSSR count). The first kappa shape index (κ1) is 33.6. The molecule has 0 fully saturated rings. The summed E-state index contributed by atoms with van der Waals surface area (Å²) in [5.74, 6) is 1.50. The van der Waals surface area contributed by atoms with E-state index in [-0.39, 0.29) is 49.9 Å². The molecule has 0 spiro atoms. The number of anilines is 2. The van der Waals surface area contributed by atoms with Gasteiger partial charge >= 0.3 is 0 Å². The van der Waals surface area contributed by atoms with Crippen LogP contribution in [0.15, 0.2) is 127 Å². The van der Waals surface area contributed by atoms with E-state index in [1.54, 1.807) is 60.7 Å². The van der Waals surface area contributed by atoms with Crippen LogP contribution in [0.4, 0.5) is 11.6 Å². The minimum atomic E-state index is -5.04. The van der Waals surface area contributed by atoms with Crippen molar-refractivity contribution in [3.05, 3.63) is 145 Å². The molecule has 0 radical (unpaired) electrons. The molecule has 6 N–H and O–H groups in total. The molecule has 0 saturated heterocycles. The molecule has 3 aromatic rings. The third-order valence-corrected chi connectivity index (χ3v) is 11.7. The van der Waals surface area contributed by atoms with Gasteiger partial charge in [-0.1, -0.05) is 79.2 Å². The van der Waals surface area contributed by atoms with E-state index in [2.05, 4.69) is 20.6 Å². The van der Waals surface area contributed by atoms with Gasteiger partial charge in [-0.2, -0.15) is 8.42 Å². The van der Waals surface area contributed by atoms with E-state index in [0.717, 1.165) is 10.8 Å². The van der Waals surface area contributed by atoms with Gasteiger partial charge in [0.25, 0.3) is 10.1 Å². The maximum atomic E-state index is 13.4. The Hall–Kier alpha value is -5.95. The number of thiocarbonyl (C=S) groups is 4. The van der Waals surface area contributed by atoms with E-state index in [1.165, 1.54) is 0 Å². The lowest BCUT2D eigenvalue weighted by molar-refractivity contribution is 0.496. The Morgan fingerprint density at radius 1 is 0.655 bits per heavy atom. The predicted molar refractivity (Wildman–Crippen MR) is 228 cm³/mol. The molecule has 0 unspecified atom stereocenters. The van der Waals surface area contributed by atoms with Crippen molar-refractivity contribution in [2.45, 2.75) is 0 Å². The number of aromatic nitrogens is 2. The number of allylic oxidation sites excluding steroid dienone is 8. The summed E-state index contributed by atoms with van der Waals surface area (Å²) in [7, 11) is -5.04. The number of nitrogens with zero attached hydrogens (tertiary/aromatic N) is 4. The smallest absolute Gasteiger partial charge is 0.296 e. The summed E-state index contributed by atoms with van der Waals surface area (Å²) in [5, 5.41) is 19.4. The quantitative estimate of drug-likeness (QED) is 0.163. The van der Waals surface area contributed by atoms with Crippen LogP contribution in [-0.4, -0.2) is 59.2 Å². The maximum Gasteiger partial charge on any atom is 0.296 e. The van der Waals surface area contributed by atoms with Crippen molar-refractivity contribution in [1.82, 2.24) is 9.97 Å². The minimum absolute atomic E-state index is 0.0214. The SMILES string of the molecule is O=S(=O)(O)C1=c2c(c3[nH]c2=NC2=C4C=CC(=S)C=C4C(=N2)Nc2[nH]c(c4c2C=CC(=S)C=4)=NC2=C4C=CC(=S)C=C4C(=N2)N3)C(O)=C(c2ccccc2)C1=S. The maximum absolute atomic E-state index is 13.4. The molecule has 2 aromatic heterocycles. The summed E-state index contributed by atoms with van der Waals surface area (Å²) < 4.78 is 37.6. The average Bonchev–Trinajstić information content (AvgIpc) is 3.86. The Morgan fingerprint density at radius 2 is 1.22 bits per heavy atom. The summed E-state index contributed by atoms with van der Waals surface area (Å²) >= 11 is 22.4. The highest BCUT2D eigenvalue weighted by Gasteiger charge is 2.37. The van der Waals surface area contributed by atoms with E-state index in [9.17, 15) is 18.1 Å². The second kappa shape index (κ2) is 12.0. The first-order chi connectivity index (χ1) is 26.4. The number of rotatable bonds is 2. The van der Waals surface area contributed by atoms with Gasteiger partial charge in [0.1, 0.15) is 44.9 Å². The predicted octanol–water partition coefficient (Wildman–Crippen LogP) is 4.08. The number of hydrogen-bond donors (Lipinski definition) is 6. The zero-order chi connectivity index (χ0) is 37.9. The van der Waals surface area contributed by atoms with Gasteiger partial charge in [-0.15, -0.1) is 0 Å². The number of aliphatic hydroxyl groups is 1. The van der Waals surface area contributed by atoms with Crippen molar-refractivity contribution in [1.29, 1.82) is 0 Å². The summed E-state index contributed by atoms with van der Waals surface area (Å²) in [6.07, 6.45) is 16.2. The molecule has 266 valence electrons. The van der Waals surface area contributed by atoms with Crippen LogP contribution in [0.5, 0.6) is 0 Å². The molecule has 12 nitrogen and oxygen atoms in total. The highest BCUT2D eigenvalue weighted by atomic mass is 32.2. The lowest BCUT2D eigenvalue weighted by atomic mass is 9.93. The van der Waals surface area contributed by atoms with Crippen LogP contribution in [0.25, 0.3) is 28.4 Å².